The largest absolute Gasteiger partial charge is 0.436 e. The Balaban J connectivity index is 2.28. The molecular formula is C14H10Br2N2O. The molecule has 5 heteroatoms. The van der Waals surface area contributed by atoms with Crippen molar-refractivity contribution in [1.29, 1.82) is 0 Å². The highest BCUT2D eigenvalue weighted by molar-refractivity contribution is 9.11. The summed E-state index contributed by atoms with van der Waals surface area (Å²) in [7, 11) is 0. The molecule has 3 aromatic rings. The summed E-state index contributed by atoms with van der Waals surface area (Å²) < 4.78 is 7.53. The van der Waals surface area contributed by atoms with Crippen LogP contribution in [0.1, 0.15) is 5.56 Å². The van der Waals surface area contributed by atoms with Crippen LogP contribution >= 0.6 is 31.9 Å². The van der Waals surface area contributed by atoms with Crippen molar-refractivity contribution in [3.05, 3.63) is 44.8 Å². The van der Waals surface area contributed by atoms with Crippen LogP contribution in [0.4, 0.5) is 5.69 Å². The topological polar surface area (TPSA) is 52.0 Å². The Labute approximate surface area is 127 Å². The first-order valence-electron chi connectivity index (χ1n) is 5.67. The van der Waals surface area contributed by atoms with Gasteiger partial charge in [-0.3, -0.25) is 0 Å². The van der Waals surface area contributed by atoms with Crippen molar-refractivity contribution < 1.29 is 4.42 Å². The zero-order chi connectivity index (χ0) is 13.6. The highest BCUT2D eigenvalue weighted by Crippen LogP contribution is 2.36. The van der Waals surface area contributed by atoms with E-state index >= 15 is 0 Å². The van der Waals surface area contributed by atoms with Crippen LogP contribution in [0, 0.1) is 6.92 Å². The van der Waals surface area contributed by atoms with E-state index < -0.39 is 0 Å². The van der Waals surface area contributed by atoms with Crippen LogP contribution in [0.3, 0.4) is 0 Å². The molecule has 96 valence electrons. The van der Waals surface area contributed by atoms with Crippen molar-refractivity contribution in [2.24, 2.45) is 0 Å². The van der Waals surface area contributed by atoms with E-state index in [1.165, 1.54) is 0 Å². The summed E-state index contributed by atoms with van der Waals surface area (Å²) in [4.78, 5) is 4.54. The van der Waals surface area contributed by atoms with Crippen molar-refractivity contribution in [2.75, 3.05) is 5.73 Å². The number of aromatic nitrogens is 1. The summed E-state index contributed by atoms with van der Waals surface area (Å²) in [5.74, 6) is 0.531. The molecule has 0 fully saturated rings. The van der Waals surface area contributed by atoms with Crippen LogP contribution in [-0.2, 0) is 0 Å². The summed E-state index contributed by atoms with van der Waals surface area (Å²) in [6.07, 6.45) is 0. The number of hydrogen-bond donors (Lipinski definition) is 1. The lowest BCUT2D eigenvalue weighted by Crippen LogP contribution is -1.92. The molecule has 19 heavy (non-hydrogen) atoms. The Morgan fingerprint density at radius 1 is 1.21 bits per heavy atom. The Hall–Kier alpha value is -1.33. The van der Waals surface area contributed by atoms with Crippen molar-refractivity contribution >= 4 is 48.6 Å². The quantitative estimate of drug-likeness (QED) is 0.609. The fourth-order valence-electron chi connectivity index (χ4n) is 1.96. The summed E-state index contributed by atoms with van der Waals surface area (Å²) in [5.41, 5.74) is 10.2. The van der Waals surface area contributed by atoms with Crippen molar-refractivity contribution in [2.45, 2.75) is 6.92 Å². The van der Waals surface area contributed by atoms with Crippen LogP contribution in [0.25, 0.3) is 22.6 Å². The molecule has 3 rings (SSSR count). The average Bonchev–Trinajstić information content (AvgIpc) is 2.79. The predicted molar refractivity (Wildman–Crippen MR) is 84.0 cm³/mol. The summed E-state index contributed by atoms with van der Waals surface area (Å²) in [5, 5.41) is 0. The molecule has 0 spiro atoms. The third kappa shape index (κ3) is 2.17. The Morgan fingerprint density at radius 3 is 2.74 bits per heavy atom. The van der Waals surface area contributed by atoms with Crippen molar-refractivity contribution in [3.8, 4) is 11.5 Å². The molecule has 1 aromatic heterocycles. The molecule has 0 unspecified atom stereocenters. The molecule has 0 aliphatic rings. The van der Waals surface area contributed by atoms with Gasteiger partial charge in [0.15, 0.2) is 5.58 Å². The number of oxazole rings is 1. The SMILES string of the molecule is Cc1cccc2oc(-c3cc(Br)cc(Br)c3N)nc12. The Kier molecular flexibility index (Phi) is 3.11. The fourth-order valence-corrected chi connectivity index (χ4v) is 3.19. The average molecular weight is 382 g/mol. The van der Waals surface area contributed by atoms with Gasteiger partial charge in [-0.25, -0.2) is 4.98 Å². The molecule has 2 aromatic carbocycles. The van der Waals surface area contributed by atoms with E-state index in [-0.39, 0.29) is 0 Å². The van der Waals surface area contributed by atoms with Gasteiger partial charge >= 0.3 is 0 Å². The number of anilines is 1. The van der Waals surface area contributed by atoms with E-state index in [1.807, 2.05) is 37.3 Å². The molecule has 0 amide bonds. The first-order valence-corrected chi connectivity index (χ1v) is 7.26. The number of para-hydroxylation sites is 1. The van der Waals surface area contributed by atoms with E-state index in [0.717, 1.165) is 31.2 Å². The molecule has 2 N–H and O–H groups in total. The lowest BCUT2D eigenvalue weighted by molar-refractivity contribution is 0.620. The minimum Gasteiger partial charge on any atom is -0.436 e. The lowest BCUT2D eigenvalue weighted by Gasteiger charge is -2.04. The highest BCUT2D eigenvalue weighted by Gasteiger charge is 2.14. The molecule has 0 aliphatic carbocycles. The zero-order valence-electron chi connectivity index (χ0n) is 10.1. The first-order chi connectivity index (χ1) is 9.06. The Bertz CT molecular complexity index is 780. The van der Waals surface area contributed by atoms with Crippen molar-refractivity contribution in [1.82, 2.24) is 4.98 Å². The zero-order valence-corrected chi connectivity index (χ0v) is 13.2. The predicted octanol–water partition coefficient (Wildman–Crippen LogP) is 4.91. The van der Waals surface area contributed by atoms with Crippen LogP contribution in [0.15, 0.2) is 43.7 Å². The molecule has 0 atom stereocenters. The molecule has 0 radical (unpaired) electrons. The summed E-state index contributed by atoms with van der Waals surface area (Å²) in [6.45, 7) is 2.01. The standard InChI is InChI=1S/C14H10Br2N2O/c1-7-3-2-4-11-13(7)18-14(19-11)9-5-8(15)6-10(16)12(9)17/h2-6H,17H2,1H3. The van der Waals surface area contributed by atoms with E-state index in [4.69, 9.17) is 10.2 Å². The number of nitrogen functional groups attached to an aromatic ring is 1. The Morgan fingerprint density at radius 2 is 2.00 bits per heavy atom. The normalized spacial score (nSPS) is 11.1. The second kappa shape index (κ2) is 4.65. The second-order valence-electron chi connectivity index (χ2n) is 4.29. The number of nitrogens with zero attached hydrogens (tertiary/aromatic N) is 1. The lowest BCUT2D eigenvalue weighted by atomic mass is 10.2. The maximum atomic E-state index is 6.08. The number of rotatable bonds is 1. The summed E-state index contributed by atoms with van der Waals surface area (Å²) >= 11 is 6.88. The van der Waals surface area contributed by atoms with Gasteiger partial charge in [-0.1, -0.05) is 28.1 Å². The third-order valence-corrected chi connectivity index (χ3v) is 4.06. The minimum atomic E-state index is 0.531. The number of hydrogen-bond acceptors (Lipinski definition) is 3. The van der Waals surface area contributed by atoms with Gasteiger partial charge in [-0.05, 0) is 46.6 Å². The summed E-state index contributed by atoms with van der Waals surface area (Å²) in [6, 6.07) is 9.66. The number of benzene rings is 2. The molecule has 0 aliphatic heterocycles. The van der Waals surface area contributed by atoms with Gasteiger partial charge in [-0.2, -0.15) is 0 Å². The number of fused-ring (bicyclic) bond motifs is 1. The van der Waals surface area contributed by atoms with Gasteiger partial charge < -0.3 is 10.2 Å². The van der Waals surface area contributed by atoms with E-state index in [0.29, 0.717) is 11.6 Å². The number of nitrogens with two attached hydrogens (primary N) is 1. The van der Waals surface area contributed by atoms with Gasteiger partial charge in [0, 0.05) is 8.95 Å². The fraction of sp³-hybridized carbons (Fsp3) is 0.0714. The molecular weight excluding hydrogens is 372 g/mol. The van der Waals surface area contributed by atoms with Gasteiger partial charge in [0.05, 0.1) is 11.3 Å². The van der Waals surface area contributed by atoms with Gasteiger partial charge in [0.1, 0.15) is 5.52 Å². The van der Waals surface area contributed by atoms with E-state index in [2.05, 4.69) is 36.8 Å². The maximum absolute atomic E-state index is 6.08. The second-order valence-corrected chi connectivity index (χ2v) is 6.06. The third-order valence-electron chi connectivity index (χ3n) is 2.95. The molecule has 0 bridgehead atoms. The smallest absolute Gasteiger partial charge is 0.229 e. The first kappa shape index (κ1) is 12.7. The number of halogens is 2. The minimum absolute atomic E-state index is 0.531. The molecule has 0 saturated carbocycles. The van der Waals surface area contributed by atoms with Crippen molar-refractivity contribution in [3.63, 3.8) is 0 Å². The van der Waals surface area contributed by atoms with E-state index in [9.17, 15) is 0 Å². The monoisotopic (exact) mass is 380 g/mol. The van der Waals surface area contributed by atoms with Gasteiger partial charge in [0.25, 0.3) is 0 Å². The number of aryl methyl sites for hydroxylation is 1. The molecule has 1 heterocycles. The van der Waals surface area contributed by atoms with Crippen LogP contribution in [-0.4, -0.2) is 4.98 Å². The molecule has 0 saturated heterocycles. The van der Waals surface area contributed by atoms with E-state index in [1.54, 1.807) is 0 Å². The maximum Gasteiger partial charge on any atom is 0.229 e. The van der Waals surface area contributed by atoms with Gasteiger partial charge in [-0.15, -0.1) is 0 Å². The van der Waals surface area contributed by atoms with Crippen LogP contribution in [0.2, 0.25) is 0 Å². The van der Waals surface area contributed by atoms with Crippen LogP contribution in [0.5, 0.6) is 0 Å². The highest BCUT2D eigenvalue weighted by atomic mass is 79.9. The van der Waals surface area contributed by atoms with Crippen LogP contribution < -0.4 is 5.73 Å². The van der Waals surface area contributed by atoms with Gasteiger partial charge in [0.2, 0.25) is 5.89 Å². The molecule has 3 nitrogen and oxygen atoms in total.